The number of hydrogen-bond donors (Lipinski definition) is 1. The molecule has 0 bridgehead atoms. The zero-order valence-corrected chi connectivity index (χ0v) is 10.9. The Balaban J connectivity index is 1.92. The average Bonchev–Trinajstić information content (AvgIpc) is 2.35. The summed E-state index contributed by atoms with van der Waals surface area (Å²) in [5, 5.41) is 0. The lowest BCUT2D eigenvalue weighted by Gasteiger charge is -2.22. The minimum Gasteiger partial charge on any atom is -0.462 e. The van der Waals surface area contributed by atoms with E-state index in [4.69, 9.17) is 10.5 Å². The van der Waals surface area contributed by atoms with E-state index in [0.29, 0.717) is 5.69 Å². The number of nitrogens with two attached hydrogens (primary N) is 1. The molecular weight excluding hydrogens is 226 g/mol. The monoisotopic (exact) mass is 247 g/mol. The Morgan fingerprint density at radius 2 is 2.06 bits per heavy atom. The first-order valence-electron chi connectivity index (χ1n) is 6.69. The molecule has 1 aromatic carbocycles. The number of carbonyl (C=O) groups is 1. The van der Waals surface area contributed by atoms with Crippen LogP contribution in [0, 0.1) is 6.92 Å². The van der Waals surface area contributed by atoms with E-state index in [-0.39, 0.29) is 18.5 Å². The van der Waals surface area contributed by atoms with Crippen molar-refractivity contribution in [1.29, 1.82) is 0 Å². The fraction of sp³-hybridized carbons (Fsp3) is 0.533. The van der Waals surface area contributed by atoms with Gasteiger partial charge in [-0.2, -0.15) is 0 Å². The van der Waals surface area contributed by atoms with Crippen molar-refractivity contribution in [1.82, 2.24) is 0 Å². The molecule has 2 rings (SSSR count). The summed E-state index contributed by atoms with van der Waals surface area (Å²) in [6.45, 7) is 2.00. The first-order chi connectivity index (χ1) is 8.65. The van der Waals surface area contributed by atoms with E-state index in [1.54, 1.807) is 0 Å². The van der Waals surface area contributed by atoms with Crippen LogP contribution in [0.15, 0.2) is 18.2 Å². The smallest absolute Gasteiger partial charge is 0.310 e. The Morgan fingerprint density at radius 1 is 1.33 bits per heavy atom. The number of esters is 1. The van der Waals surface area contributed by atoms with Gasteiger partial charge in [0.25, 0.3) is 0 Å². The van der Waals surface area contributed by atoms with Crippen LogP contribution in [0.25, 0.3) is 0 Å². The molecule has 0 spiro atoms. The van der Waals surface area contributed by atoms with Gasteiger partial charge in [0.05, 0.1) is 6.42 Å². The Hall–Kier alpha value is -1.51. The summed E-state index contributed by atoms with van der Waals surface area (Å²) in [7, 11) is 0. The van der Waals surface area contributed by atoms with Crippen molar-refractivity contribution >= 4 is 11.7 Å². The van der Waals surface area contributed by atoms with Crippen LogP contribution >= 0.6 is 0 Å². The molecule has 98 valence electrons. The maximum Gasteiger partial charge on any atom is 0.310 e. The summed E-state index contributed by atoms with van der Waals surface area (Å²) < 4.78 is 5.50. The zero-order chi connectivity index (χ0) is 13.0. The Kier molecular flexibility index (Phi) is 4.24. The summed E-state index contributed by atoms with van der Waals surface area (Å²) in [6, 6.07) is 5.75. The SMILES string of the molecule is Cc1ccc(N)c(CC(=O)OC2CCCCC2)c1. The molecule has 0 amide bonds. The molecule has 0 saturated heterocycles. The topological polar surface area (TPSA) is 52.3 Å². The third-order valence-corrected chi connectivity index (χ3v) is 3.48. The van der Waals surface area contributed by atoms with Gasteiger partial charge in [0, 0.05) is 5.69 Å². The number of anilines is 1. The maximum absolute atomic E-state index is 11.9. The van der Waals surface area contributed by atoms with Gasteiger partial charge in [-0.1, -0.05) is 24.1 Å². The van der Waals surface area contributed by atoms with Crippen molar-refractivity contribution < 1.29 is 9.53 Å². The second kappa shape index (κ2) is 5.89. The van der Waals surface area contributed by atoms with E-state index >= 15 is 0 Å². The van der Waals surface area contributed by atoms with Crippen LogP contribution in [0.2, 0.25) is 0 Å². The fourth-order valence-corrected chi connectivity index (χ4v) is 2.45. The van der Waals surface area contributed by atoms with Gasteiger partial charge in [-0.15, -0.1) is 0 Å². The highest BCUT2D eigenvalue weighted by Crippen LogP contribution is 2.21. The Bertz CT molecular complexity index is 423. The Morgan fingerprint density at radius 3 is 2.78 bits per heavy atom. The molecule has 2 N–H and O–H groups in total. The van der Waals surface area contributed by atoms with Crippen LogP contribution in [0.4, 0.5) is 5.69 Å². The third kappa shape index (κ3) is 3.49. The van der Waals surface area contributed by atoms with Crippen molar-refractivity contribution in [3.63, 3.8) is 0 Å². The third-order valence-electron chi connectivity index (χ3n) is 3.48. The van der Waals surface area contributed by atoms with Gasteiger partial charge < -0.3 is 10.5 Å². The lowest BCUT2D eigenvalue weighted by molar-refractivity contribution is -0.149. The van der Waals surface area contributed by atoms with Crippen molar-refractivity contribution in [2.75, 3.05) is 5.73 Å². The van der Waals surface area contributed by atoms with Crippen LogP contribution in [0.3, 0.4) is 0 Å². The maximum atomic E-state index is 11.9. The molecule has 3 nitrogen and oxygen atoms in total. The average molecular weight is 247 g/mol. The first-order valence-corrected chi connectivity index (χ1v) is 6.69. The van der Waals surface area contributed by atoms with Crippen molar-refractivity contribution in [2.45, 2.75) is 51.6 Å². The second-order valence-corrected chi connectivity index (χ2v) is 5.13. The molecule has 1 aliphatic rings. The normalized spacial score (nSPS) is 16.5. The van der Waals surface area contributed by atoms with Crippen molar-refractivity contribution in [3.05, 3.63) is 29.3 Å². The lowest BCUT2D eigenvalue weighted by Crippen LogP contribution is -2.22. The summed E-state index contributed by atoms with van der Waals surface area (Å²) in [6.07, 6.45) is 6.03. The standard InChI is InChI=1S/C15H21NO2/c1-11-7-8-14(16)12(9-11)10-15(17)18-13-5-3-2-4-6-13/h7-9,13H,2-6,10,16H2,1H3. The molecule has 0 radical (unpaired) electrons. The zero-order valence-electron chi connectivity index (χ0n) is 10.9. The van der Waals surface area contributed by atoms with Gasteiger partial charge in [0.1, 0.15) is 6.10 Å². The molecule has 18 heavy (non-hydrogen) atoms. The summed E-state index contributed by atoms with van der Waals surface area (Å²) in [5.74, 6) is -0.154. The van der Waals surface area contributed by atoms with Crippen molar-refractivity contribution in [3.8, 4) is 0 Å². The van der Waals surface area contributed by atoms with E-state index in [0.717, 1.165) is 24.0 Å². The first kappa shape index (κ1) is 12.9. The molecule has 3 heteroatoms. The molecule has 0 unspecified atom stereocenters. The minimum atomic E-state index is -0.154. The largest absolute Gasteiger partial charge is 0.462 e. The summed E-state index contributed by atoms with van der Waals surface area (Å²) in [5.41, 5.74) is 8.52. The number of aryl methyl sites for hydroxylation is 1. The lowest BCUT2D eigenvalue weighted by atomic mass is 9.98. The molecule has 1 aromatic rings. The number of benzene rings is 1. The molecule has 1 saturated carbocycles. The van der Waals surface area contributed by atoms with E-state index in [1.165, 1.54) is 19.3 Å². The number of carbonyl (C=O) groups excluding carboxylic acids is 1. The minimum absolute atomic E-state index is 0.122. The molecule has 0 aliphatic heterocycles. The number of rotatable bonds is 3. The van der Waals surface area contributed by atoms with Crippen LogP contribution in [0.5, 0.6) is 0 Å². The van der Waals surface area contributed by atoms with Gasteiger partial charge in [-0.25, -0.2) is 0 Å². The molecule has 0 heterocycles. The highest BCUT2D eigenvalue weighted by atomic mass is 16.5. The van der Waals surface area contributed by atoms with E-state index in [9.17, 15) is 4.79 Å². The number of nitrogen functional groups attached to an aromatic ring is 1. The highest BCUT2D eigenvalue weighted by Gasteiger charge is 2.18. The molecule has 1 fully saturated rings. The predicted molar refractivity (Wildman–Crippen MR) is 72.3 cm³/mol. The molecule has 0 aromatic heterocycles. The predicted octanol–water partition coefficient (Wildman–Crippen LogP) is 3.00. The van der Waals surface area contributed by atoms with Crippen LogP contribution in [-0.2, 0) is 16.0 Å². The second-order valence-electron chi connectivity index (χ2n) is 5.13. The van der Waals surface area contributed by atoms with Gasteiger partial charge in [0.2, 0.25) is 0 Å². The van der Waals surface area contributed by atoms with Gasteiger partial charge in [-0.05, 0) is 44.2 Å². The quantitative estimate of drug-likeness (QED) is 0.660. The van der Waals surface area contributed by atoms with Crippen LogP contribution in [-0.4, -0.2) is 12.1 Å². The van der Waals surface area contributed by atoms with Gasteiger partial charge in [0.15, 0.2) is 0 Å². The van der Waals surface area contributed by atoms with Crippen LogP contribution < -0.4 is 5.73 Å². The highest BCUT2D eigenvalue weighted by molar-refractivity contribution is 5.75. The number of hydrogen-bond acceptors (Lipinski definition) is 3. The Labute approximate surface area is 108 Å². The summed E-state index contributed by atoms with van der Waals surface area (Å²) in [4.78, 5) is 11.9. The summed E-state index contributed by atoms with van der Waals surface area (Å²) >= 11 is 0. The van der Waals surface area contributed by atoms with Gasteiger partial charge in [-0.3, -0.25) is 4.79 Å². The molecule has 1 aliphatic carbocycles. The van der Waals surface area contributed by atoms with E-state index < -0.39 is 0 Å². The molecule has 0 atom stereocenters. The molecular formula is C15H21NO2. The van der Waals surface area contributed by atoms with Crippen molar-refractivity contribution in [2.24, 2.45) is 0 Å². The number of ether oxygens (including phenoxy) is 1. The van der Waals surface area contributed by atoms with E-state index in [2.05, 4.69) is 0 Å². The van der Waals surface area contributed by atoms with Gasteiger partial charge >= 0.3 is 5.97 Å². The fourth-order valence-electron chi connectivity index (χ4n) is 2.45. The van der Waals surface area contributed by atoms with E-state index in [1.807, 2.05) is 25.1 Å². The van der Waals surface area contributed by atoms with Crippen LogP contribution in [0.1, 0.15) is 43.2 Å².